The largest absolute Gasteiger partial charge is 0.379 e. The summed E-state index contributed by atoms with van der Waals surface area (Å²) in [5, 5.41) is 3.71. The van der Waals surface area contributed by atoms with Crippen molar-refractivity contribution in [2.45, 2.75) is 69.6 Å². The molecule has 5 nitrogen and oxygen atoms in total. The first-order valence-electron chi connectivity index (χ1n) is 9.02. The average Bonchev–Trinajstić information content (AvgIpc) is 3.16. The van der Waals surface area contributed by atoms with Crippen molar-refractivity contribution in [1.82, 2.24) is 15.1 Å². The molecule has 1 N–H and O–H groups in total. The second kappa shape index (κ2) is 5.38. The highest BCUT2D eigenvalue weighted by atomic mass is 16.5. The molecule has 4 fully saturated rings. The second-order valence-electron chi connectivity index (χ2n) is 7.99. The van der Waals surface area contributed by atoms with Crippen LogP contribution in [0, 0.1) is 5.92 Å². The minimum atomic E-state index is 0.0561. The number of carbonyl (C=O) groups excluding carboxylic acids is 1. The highest BCUT2D eigenvalue weighted by Gasteiger charge is 2.58. The molecule has 0 aromatic rings. The Bertz CT molecular complexity index is 433. The molecular weight excluding hydrogens is 278 g/mol. The van der Waals surface area contributed by atoms with Gasteiger partial charge in [0.05, 0.1) is 18.2 Å². The van der Waals surface area contributed by atoms with Crippen LogP contribution < -0.4 is 5.32 Å². The van der Waals surface area contributed by atoms with Crippen LogP contribution in [0.5, 0.6) is 0 Å². The Hall–Kier alpha value is -0.810. The van der Waals surface area contributed by atoms with E-state index in [2.05, 4.69) is 29.0 Å². The number of rotatable bonds is 2. The summed E-state index contributed by atoms with van der Waals surface area (Å²) in [7, 11) is 0. The molecule has 4 atom stereocenters. The average molecular weight is 307 g/mol. The first-order valence-corrected chi connectivity index (χ1v) is 9.02. The van der Waals surface area contributed by atoms with Crippen LogP contribution in [0.3, 0.4) is 0 Å². The monoisotopic (exact) mass is 307 g/mol. The number of carbonyl (C=O) groups is 1. The smallest absolute Gasteiger partial charge is 0.321 e. The lowest BCUT2D eigenvalue weighted by atomic mass is 9.91. The fraction of sp³-hybridized carbons (Fsp3) is 0.941. The number of hydrogen-bond donors (Lipinski definition) is 1. The van der Waals surface area contributed by atoms with Gasteiger partial charge in [-0.1, -0.05) is 0 Å². The number of urea groups is 1. The van der Waals surface area contributed by atoms with Gasteiger partial charge in [0.1, 0.15) is 0 Å². The Morgan fingerprint density at radius 2 is 2.18 bits per heavy atom. The molecule has 1 aliphatic carbocycles. The number of hydrogen-bond acceptors (Lipinski definition) is 3. The Morgan fingerprint density at radius 3 is 2.86 bits per heavy atom. The maximum absolute atomic E-state index is 13.1. The van der Waals surface area contributed by atoms with Gasteiger partial charge >= 0.3 is 6.03 Å². The normalized spacial score (nSPS) is 42.0. The van der Waals surface area contributed by atoms with Crippen LogP contribution in [0.2, 0.25) is 0 Å². The molecule has 0 bridgehead atoms. The molecule has 0 aromatic heterocycles. The van der Waals surface area contributed by atoms with E-state index in [1.54, 1.807) is 0 Å². The van der Waals surface area contributed by atoms with E-state index < -0.39 is 0 Å². The van der Waals surface area contributed by atoms with Gasteiger partial charge in [0.15, 0.2) is 0 Å². The van der Waals surface area contributed by atoms with E-state index in [-0.39, 0.29) is 17.6 Å². The van der Waals surface area contributed by atoms with Crippen molar-refractivity contribution >= 4 is 6.03 Å². The topological polar surface area (TPSA) is 44.8 Å². The van der Waals surface area contributed by atoms with Gasteiger partial charge in [0.2, 0.25) is 0 Å². The zero-order valence-corrected chi connectivity index (χ0v) is 13.9. The molecule has 2 amide bonds. The van der Waals surface area contributed by atoms with E-state index in [4.69, 9.17) is 4.74 Å². The van der Waals surface area contributed by atoms with Gasteiger partial charge < -0.3 is 19.9 Å². The van der Waals surface area contributed by atoms with Crippen molar-refractivity contribution in [2.75, 3.05) is 26.3 Å². The number of piperidine rings is 1. The Morgan fingerprint density at radius 1 is 1.32 bits per heavy atom. The van der Waals surface area contributed by atoms with E-state index in [1.165, 1.54) is 19.3 Å². The summed E-state index contributed by atoms with van der Waals surface area (Å²) in [5.41, 5.74) is 0.0561. The number of fused-ring (bicyclic) bond motifs is 1. The minimum Gasteiger partial charge on any atom is -0.379 e. The first-order chi connectivity index (χ1) is 10.6. The summed E-state index contributed by atoms with van der Waals surface area (Å²) in [6.07, 6.45) is 5.92. The number of amides is 2. The zero-order valence-electron chi connectivity index (χ0n) is 13.9. The quantitative estimate of drug-likeness (QED) is 0.846. The molecule has 124 valence electrons. The Kier molecular flexibility index (Phi) is 3.61. The third kappa shape index (κ3) is 2.16. The highest BCUT2D eigenvalue weighted by molar-refractivity contribution is 5.79. The van der Waals surface area contributed by atoms with Crippen molar-refractivity contribution in [3.63, 3.8) is 0 Å². The van der Waals surface area contributed by atoms with Gasteiger partial charge in [-0.15, -0.1) is 0 Å². The minimum absolute atomic E-state index is 0.0561. The molecule has 5 heteroatoms. The molecule has 1 spiro atoms. The van der Waals surface area contributed by atoms with Gasteiger partial charge in [0, 0.05) is 25.2 Å². The Balaban J connectivity index is 1.61. The van der Waals surface area contributed by atoms with E-state index in [1.807, 2.05) is 0 Å². The lowest BCUT2D eigenvalue weighted by Gasteiger charge is -2.36. The summed E-state index contributed by atoms with van der Waals surface area (Å²) in [5.74, 6) is 0.752. The van der Waals surface area contributed by atoms with Crippen molar-refractivity contribution in [2.24, 2.45) is 5.92 Å². The molecule has 4 rings (SSSR count). The van der Waals surface area contributed by atoms with Gasteiger partial charge in [-0.3, -0.25) is 0 Å². The van der Waals surface area contributed by atoms with Crippen LogP contribution in [0.4, 0.5) is 4.79 Å². The fourth-order valence-electron chi connectivity index (χ4n) is 5.43. The van der Waals surface area contributed by atoms with Crippen molar-refractivity contribution < 1.29 is 9.53 Å². The number of ether oxygens (including phenoxy) is 1. The summed E-state index contributed by atoms with van der Waals surface area (Å²) in [6, 6.07) is 1.44. The predicted octanol–water partition coefficient (Wildman–Crippen LogP) is 1.82. The number of nitrogens with zero attached hydrogens (tertiary/aromatic N) is 2. The molecule has 4 aliphatic rings. The molecule has 3 aliphatic heterocycles. The molecule has 3 heterocycles. The van der Waals surface area contributed by atoms with Crippen molar-refractivity contribution in [3.8, 4) is 0 Å². The third-order valence-corrected chi connectivity index (χ3v) is 6.26. The highest BCUT2D eigenvalue weighted by Crippen LogP contribution is 2.47. The molecule has 3 saturated heterocycles. The van der Waals surface area contributed by atoms with Crippen LogP contribution in [-0.2, 0) is 4.74 Å². The summed E-state index contributed by atoms with van der Waals surface area (Å²) < 4.78 is 5.53. The van der Waals surface area contributed by atoms with Gasteiger partial charge in [-0.2, -0.15) is 0 Å². The lowest BCUT2D eigenvalue weighted by Crippen LogP contribution is -2.49. The van der Waals surface area contributed by atoms with Crippen LogP contribution >= 0.6 is 0 Å². The lowest BCUT2D eigenvalue weighted by molar-refractivity contribution is 0.127. The molecule has 0 radical (unpaired) electrons. The molecular formula is C17H29N3O2. The van der Waals surface area contributed by atoms with Gasteiger partial charge in [-0.25, -0.2) is 4.79 Å². The van der Waals surface area contributed by atoms with Crippen LogP contribution in [-0.4, -0.2) is 65.8 Å². The maximum Gasteiger partial charge on any atom is 0.321 e. The fourth-order valence-corrected chi connectivity index (χ4v) is 5.43. The van der Waals surface area contributed by atoms with Crippen LogP contribution in [0.25, 0.3) is 0 Å². The van der Waals surface area contributed by atoms with Crippen LogP contribution in [0.15, 0.2) is 0 Å². The van der Waals surface area contributed by atoms with Gasteiger partial charge in [0.25, 0.3) is 0 Å². The summed E-state index contributed by atoms with van der Waals surface area (Å²) in [6.45, 7) is 7.92. The van der Waals surface area contributed by atoms with E-state index in [9.17, 15) is 4.79 Å². The first kappa shape index (κ1) is 14.8. The molecule has 0 aromatic carbocycles. The zero-order chi connectivity index (χ0) is 15.3. The van der Waals surface area contributed by atoms with E-state index in [0.29, 0.717) is 12.1 Å². The summed E-state index contributed by atoms with van der Waals surface area (Å²) >= 11 is 0. The standard InChI is InChI=1S/C17H29N3O2/c1-12(2)20-16(21)19(14-5-7-22-10-14)11-17(20)8-13-4-3-6-18-15(13)9-17/h12-15,18H,3-11H2,1-2H3. The maximum atomic E-state index is 13.1. The molecule has 1 saturated carbocycles. The predicted molar refractivity (Wildman–Crippen MR) is 84.8 cm³/mol. The van der Waals surface area contributed by atoms with Gasteiger partial charge in [-0.05, 0) is 58.4 Å². The third-order valence-electron chi connectivity index (χ3n) is 6.26. The SMILES string of the molecule is CC(C)N1C(=O)N(C2CCOC2)CC12CC1CCCNC1C2. The molecule has 22 heavy (non-hydrogen) atoms. The summed E-state index contributed by atoms with van der Waals surface area (Å²) in [4.78, 5) is 17.4. The number of nitrogens with one attached hydrogen (secondary N) is 1. The Labute approximate surface area is 133 Å². The second-order valence-corrected chi connectivity index (χ2v) is 7.99. The van der Waals surface area contributed by atoms with E-state index >= 15 is 0 Å². The van der Waals surface area contributed by atoms with Crippen LogP contribution in [0.1, 0.15) is 46.0 Å². The van der Waals surface area contributed by atoms with Crippen molar-refractivity contribution in [1.29, 1.82) is 0 Å². The molecule has 4 unspecified atom stereocenters. The van der Waals surface area contributed by atoms with Crippen molar-refractivity contribution in [3.05, 3.63) is 0 Å². The van der Waals surface area contributed by atoms with E-state index in [0.717, 1.165) is 45.1 Å².